The molecule has 0 heterocycles. The van der Waals surface area contributed by atoms with Gasteiger partial charge in [-0.2, -0.15) is 0 Å². The van der Waals surface area contributed by atoms with Crippen LogP contribution in [0, 0.1) is 17.0 Å². The summed E-state index contributed by atoms with van der Waals surface area (Å²) in [6, 6.07) is 9.89. The average molecular weight is 293 g/mol. The minimum Gasteiger partial charge on any atom is -0.448 e. The third-order valence-corrected chi connectivity index (χ3v) is 3.14. The molecule has 104 valence electrons. The Balaban J connectivity index is 2.47. The van der Waals surface area contributed by atoms with Crippen LogP contribution in [-0.2, 0) is 6.54 Å². The highest BCUT2D eigenvalue weighted by Gasteiger charge is 2.19. The number of hydrogen-bond acceptors (Lipinski definition) is 4. The predicted molar refractivity (Wildman–Crippen MR) is 77.3 cm³/mol. The van der Waals surface area contributed by atoms with Crippen LogP contribution in [0.2, 0.25) is 5.02 Å². The van der Waals surface area contributed by atoms with Crippen molar-refractivity contribution in [3.8, 4) is 11.5 Å². The van der Waals surface area contributed by atoms with Crippen LogP contribution in [0.15, 0.2) is 36.4 Å². The van der Waals surface area contributed by atoms with Crippen molar-refractivity contribution in [1.82, 2.24) is 0 Å². The molecular formula is C14H13ClN2O3. The second-order valence-electron chi connectivity index (χ2n) is 4.25. The maximum Gasteiger partial charge on any atom is 0.313 e. The first-order valence-corrected chi connectivity index (χ1v) is 6.31. The summed E-state index contributed by atoms with van der Waals surface area (Å²) in [6.07, 6.45) is 0. The van der Waals surface area contributed by atoms with E-state index in [1.54, 1.807) is 12.1 Å². The number of nitro groups is 1. The van der Waals surface area contributed by atoms with E-state index in [0.29, 0.717) is 12.3 Å². The Morgan fingerprint density at radius 3 is 2.75 bits per heavy atom. The van der Waals surface area contributed by atoms with Crippen molar-refractivity contribution in [2.45, 2.75) is 13.5 Å². The van der Waals surface area contributed by atoms with Crippen LogP contribution in [0.1, 0.15) is 11.1 Å². The number of aryl methyl sites for hydroxylation is 1. The van der Waals surface area contributed by atoms with E-state index in [4.69, 9.17) is 22.1 Å². The molecule has 2 rings (SSSR count). The third kappa shape index (κ3) is 2.89. The lowest BCUT2D eigenvalue weighted by Gasteiger charge is -2.11. The summed E-state index contributed by atoms with van der Waals surface area (Å²) in [5, 5.41) is 11.2. The fraction of sp³-hybridized carbons (Fsp3) is 0.143. The molecule has 2 aromatic carbocycles. The van der Waals surface area contributed by atoms with Gasteiger partial charge in [0.05, 0.1) is 9.95 Å². The molecule has 0 saturated heterocycles. The zero-order valence-electron chi connectivity index (χ0n) is 10.8. The zero-order chi connectivity index (χ0) is 14.7. The van der Waals surface area contributed by atoms with Crippen LogP contribution in [-0.4, -0.2) is 4.92 Å². The normalized spacial score (nSPS) is 10.3. The summed E-state index contributed by atoms with van der Waals surface area (Å²) in [6.45, 7) is 2.21. The summed E-state index contributed by atoms with van der Waals surface area (Å²) >= 11 is 6.00. The summed E-state index contributed by atoms with van der Waals surface area (Å²) in [4.78, 5) is 10.5. The number of rotatable bonds is 4. The zero-order valence-corrected chi connectivity index (χ0v) is 11.6. The monoisotopic (exact) mass is 292 g/mol. The molecule has 6 heteroatoms. The fourth-order valence-corrected chi connectivity index (χ4v) is 1.94. The highest BCUT2D eigenvalue weighted by atomic mass is 35.5. The van der Waals surface area contributed by atoms with Crippen LogP contribution >= 0.6 is 11.6 Å². The number of ether oxygens (including phenoxy) is 1. The molecule has 5 nitrogen and oxygen atoms in total. The van der Waals surface area contributed by atoms with Gasteiger partial charge in [0, 0.05) is 12.6 Å². The van der Waals surface area contributed by atoms with E-state index >= 15 is 0 Å². The number of benzene rings is 2. The van der Waals surface area contributed by atoms with Crippen molar-refractivity contribution in [2.75, 3.05) is 0 Å². The molecule has 0 bridgehead atoms. The van der Waals surface area contributed by atoms with Crippen LogP contribution in [0.5, 0.6) is 11.5 Å². The smallest absolute Gasteiger partial charge is 0.313 e. The molecule has 0 unspecified atom stereocenters. The molecule has 20 heavy (non-hydrogen) atoms. The summed E-state index contributed by atoms with van der Waals surface area (Å²) < 4.78 is 5.65. The first kappa shape index (κ1) is 14.3. The van der Waals surface area contributed by atoms with E-state index in [1.807, 2.05) is 19.1 Å². The molecule has 2 aromatic rings. The van der Waals surface area contributed by atoms with Crippen LogP contribution in [0.25, 0.3) is 0 Å². The maximum absolute atomic E-state index is 11.0. The van der Waals surface area contributed by atoms with Crippen molar-refractivity contribution in [2.24, 2.45) is 5.73 Å². The van der Waals surface area contributed by atoms with Crippen LogP contribution in [0.3, 0.4) is 0 Å². The molecular weight excluding hydrogens is 280 g/mol. The van der Waals surface area contributed by atoms with Gasteiger partial charge in [-0.25, -0.2) is 0 Å². The van der Waals surface area contributed by atoms with E-state index in [-0.39, 0.29) is 16.5 Å². The fourth-order valence-electron chi connectivity index (χ4n) is 1.73. The van der Waals surface area contributed by atoms with Gasteiger partial charge in [0.1, 0.15) is 5.75 Å². The quantitative estimate of drug-likeness (QED) is 0.686. The van der Waals surface area contributed by atoms with E-state index in [9.17, 15) is 10.1 Å². The first-order valence-electron chi connectivity index (χ1n) is 5.93. The lowest BCUT2D eigenvalue weighted by atomic mass is 10.1. The van der Waals surface area contributed by atoms with E-state index in [2.05, 4.69) is 0 Å². The first-order chi connectivity index (χ1) is 9.52. The highest BCUT2D eigenvalue weighted by molar-refractivity contribution is 6.32. The number of nitrogens with two attached hydrogens (primary N) is 1. The van der Waals surface area contributed by atoms with E-state index in [0.717, 1.165) is 11.1 Å². The SMILES string of the molecule is Cc1ccc(CN)cc1Oc1c(Cl)cccc1[N+](=O)[O-]. The summed E-state index contributed by atoms with van der Waals surface area (Å²) in [5.41, 5.74) is 7.13. The Bertz CT molecular complexity index is 659. The maximum atomic E-state index is 11.0. The minimum atomic E-state index is -0.524. The van der Waals surface area contributed by atoms with Gasteiger partial charge >= 0.3 is 5.69 Å². The molecule has 0 spiro atoms. The van der Waals surface area contributed by atoms with Gasteiger partial charge in [-0.05, 0) is 30.2 Å². The number of nitro benzene ring substituents is 1. The van der Waals surface area contributed by atoms with Crippen molar-refractivity contribution < 1.29 is 9.66 Å². The second kappa shape index (κ2) is 5.90. The number of nitrogens with zero attached hydrogens (tertiary/aromatic N) is 1. The highest BCUT2D eigenvalue weighted by Crippen LogP contribution is 2.38. The van der Waals surface area contributed by atoms with E-state index < -0.39 is 4.92 Å². The van der Waals surface area contributed by atoms with Crippen molar-refractivity contribution in [3.05, 3.63) is 62.7 Å². The Morgan fingerprint density at radius 1 is 1.35 bits per heavy atom. The summed E-state index contributed by atoms with van der Waals surface area (Å²) in [7, 11) is 0. The molecule has 0 aliphatic heterocycles. The molecule has 2 N–H and O–H groups in total. The lowest BCUT2D eigenvalue weighted by Crippen LogP contribution is -1.99. The molecule has 0 saturated carbocycles. The van der Waals surface area contributed by atoms with Gasteiger partial charge in [-0.3, -0.25) is 10.1 Å². The Kier molecular flexibility index (Phi) is 4.22. The lowest BCUT2D eigenvalue weighted by molar-refractivity contribution is -0.385. The van der Waals surface area contributed by atoms with Gasteiger partial charge in [0.25, 0.3) is 0 Å². The molecule has 0 aliphatic carbocycles. The Hall–Kier alpha value is -2.11. The molecule has 0 radical (unpaired) electrons. The van der Waals surface area contributed by atoms with Crippen molar-refractivity contribution in [1.29, 1.82) is 0 Å². The second-order valence-corrected chi connectivity index (χ2v) is 4.66. The largest absolute Gasteiger partial charge is 0.448 e. The Labute approximate surface area is 121 Å². The van der Waals surface area contributed by atoms with Gasteiger partial charge < -0.3 is 10.5 Å². The molecule has 0 atom stereocenters. The minimum absolute atomic E-state index is 0.0384. The molecule has 0 aromatic heterocycles. The van der Waals surface area contributed by atoms with Crippen LogP contribution in [0.4, 0.5) is 5.69 Å². The van der Waals surface area contributed by atoms with Gasteiger partial charge in [0.2, 0.25) is 5.75 Å². The topological polar surface area (TPSA) is 78.4 Å². The summed E-state index contributed by atoms with van der Waals surface area (Å²) in [5.74, 6) is 0.542. The van der Waals surface area contributed by atoms with Gasteiger partial charge in [-0.15, -0.1) is 0 Å². The van der Waals surface area contributed by atoms with Crippen LogP contribution < -0.4 is 10.5 Å². The average Bonchev–Trinajstić information content (AvgIpc) is 2.43. The van der Waals surface area contributed by atoms with Gasteiger partial charge in [-0.1, -0.05) is 29.8 Å². The van der Waals surface area contributed by atoms with Crippen molar-refractivity contribution >= 4 is 17.3 Å². The van der Waals surface area contributed by atoms with Crippen molar-refractivity contribution in [3.63, 3.8) is 0 Å². The number of hydrogen-bond donors (Lipinski definition) is 1. The van der Waals surface area contributed by atoms with Gasteiger partial charge in [0.15, 0.2) is 0 Å². The molecule has 0 fully saturated rings. The molecule has 0 aliphatic rings. The molecule has 0 amide bonds. The predicted octanol–water partition coefficient (Wildman–Crippen LogP) is 3.81. The number of para-hydroxylation sites is 1. The number of halogens is 1. The third-order valence-electron chi connectivity index (χ3n) is 2.84. The Morgan fingerprint density at radius 2 is 2.10 bits per heavy atom. The van der Waals surface area contributed by atoms with E-state index in [1.165, 1.54) is 12.1 Å². The standard InChI is InChI=1S/C14H13ClN2O3/c1-9-5-6-10(8-16)7-13(9)20-14-11(15)3-2-4-12(14)17(18)19/h2-7H,8,16H2,1H3.